The number of aryl methyl sites for hydroxylation is 2. The van der Waals surface area contributed by atoms with E-state index in [1.807, 2.05) is 36.4 Å². The molecule has 0 spiro atoms. The molecule has 0 fully saturated rings. The lowest BCUT2D eigenvalue weighted by Crippen LogP contribution is -2.23. The molecule has 0 aromatic heterocycles. The summed E-state index contributed by atoms with van der Waals surface area (Å²) >= 11 is 0. The van der Waals surface area contributed by atoms with Crippen LogP contribution in [-0.2, 0) is 24.2 Å². The zero-order chi connectivity index (χ0) is 16.9. The highest BCUT2D eigenvalue weighted by Crippen LogP contribution is 2.22. The maximum atomic E-state index is 12.3. The lowest BCUT2D eigenvalue weighted by molar-refractivity contribution is -0.114. The molecule has 2 amide bonds. The smallest absolute Gasteiger partial charge is 0.251 e. The van der Waals surface area contributed by atoms with Crippen molar-refractivity contribution in [3.05, 3.63) is 64.7 Å². The second-order valence-electron chi connectivity index (χ2n) is 6.25. The molecule has 0 atom stereocenters. The van der Waals surface area contributed by atoms with Crippen LogP contribution in [-0.4, -0.2) is 11.8 Å². The van der Waals surface area contributed by atoms with E-state index in [0.717, 1.165) is 29.7 Å². The third-order valence-electron chi connectivity index (χ3n) is 4.34. The highest BCUT2D eigenvalue weighted by atomic mass is 16.2. The van der Waals surface area contributed by atoms with Gasteiger partial charge in [-0.1, -0.05) is 18.2 Å². The quantitative estimate of drug-likeness (QED) is 0.906. The van der Waals surface area contributed by atoms with Crippen LogP contribution in [0.1, 0.15) is 46.8 Å². The van der Waals surface area contributed by atoms with E-state index in [1.54, 1.807) is 0 Å². The van der Waals surface area contributed by atoms with Gasteiger partial charge in [-0.25, -0.2) is 0 Å². The van der Waals surface area contributed by atoms with Crippen molar-refractivity contribution in [2.45, 2.75) is 39.2 Å². The number of rotatable bonds is 4. The number of fused-ring (bicyclic) bond motifs is 1. The summed E-state index contributed by atoms with van der Waals surface area (Å²) in [7, 11) is 0. The van der Waals surface area contributed by atoms with Gasteiger partial charge in [0.2, 0.25) is 5.91 Å². The molecule has 2 N–H and O–H groups in total. The van der Waals surface area contributed by atoms with Crippen LogP contribution in [0.15, 0.2) is 42.5 Å². The van der Waals surface area contributed by atoms with E-state index in [0.29, 0.717) is 6.54 Å². The minimum atomic E-state index is -0.0940. The summed E-state index contributed by atoms with van der Waals surface area (Å²) in [5, 5.41) is 5.68. The first-order valence-electron chi connectivity index (χ1n) is 8.38. The van der Waals surface area contributed by atoms with Gasteiger partial charge in [0.1, 0.15) is 0 Å². The Bertz CT molecular complexity index is 751. The monoisotopic (exact) mass is 322 g/mol. The summed E-state index contributed by atoms with van der Waals surface area (Å²) in [6.07, 6.45) is 4.64. The Balaban J connectivity index is 1.60. The van der Waals surface area contributed by atoms with Gasteiger partial charge in [0.25, 0.3) is 5.91 Å². The Morgan fingerprint density at radius 3 is 2.38 bits per heavy atom. The van der Waals surface area contributed by atoms with Crippen molar-refractivity contribution in [3.8, 4) is 0 Å². The van der Waals surface area contributed by atoms with Crippen LogP contribution in [0, 0.1) is 0 Å². The van der Waals surface area contributed by atoms with Crippen molar-refractivity contribution in [2.24, 2.45) is 0 Å². The van der Waals surface area contributed by atoms with Crippen molar-refractivity contribution in [2.75, 3.05) is 5.32 Å². The largest absolute Gasteiger partial charge is 0.348 e. The summed E-state index contributed by atoms with van der Waals surface area (Å²) < 4.78 is 0. The molecular weight excluding hydrogens is 300 g/mol. The van der Waals surface area contributed by atoms with E-state index >= 15 is 0 Å². The van der Waals surface area contributed by atoms with E-state index < -0.39 is 0 Å². The van der Waals surface area contributed by atoms with Crippen LogP contribution in [0.4, 0.5) is 5.69 Å². The molecule has 0 unspecified atom stereocenters. The molecule has 1 aliphatic carbocycles. The fraction of sp³-hybridized carbons (Fsp3) is 0.300. The number of hydrogen-bond donors (Lipinski definition) is 2. The van der Waals surface area contributed by atoms with Crippen LogP contribution in [0.25, 0.3) is 0 Å². The number of benzene rings is 2. The van der Waals surface area contributed by atoms with Gasteiger partial charge in [0.05, 0.1) is 0 Å². The lowest BCUT2D eigenvalue weighted by Gasteiger charge is -2.16. The molecule has 3 rings (SSSR count). The summed E-state index contributed by atoms with van der Waals surface area (Å²) in [5.74, 6) is -0.141. The minimum Gasteiger partial charge on any atom is -0.348 e. The summed E-state index contributed by atoms with van der Waals surface area (Å²) in [5.41, 5.74) is 5.17. The zero-order valence-corrected chi connectivity index (χ0v) is 13.9. The maximum Gasteiger partial charge on any atom is 0.251 e. The highest BCUT2D eigenvalue weighted by Gasteiger charge is 2.12. The fourth-order valence-electron chi connectivity index (χ4n) is 3.07. The third kappa shape index (κ3) is 4.02. The minimum absolute atomic E-state index is 0.0469. The molecule has 0 saturated heterocycles. The number of amides is 2. The number of anilines is 1. The molecule has 0 bridgehead atoms. The van der Waals surface area contributed by atoms with E-state index in [9.17, 15) is 9.59 Å². The van der Waals surface area contributed by atoms with E-state index in [-0.39, 0.29) is 11.8 Å². The molecule has 1 aliphatic rings. The Hall–Kier alpha value is -2.62. The van der Waals surface area contributed by atoms with Gasteiger partial charge < -0.3 is 10.6 Å². The Morgan fingerprint density at radius 1 is 0.958 bits per heavy atom. The Morgan fingerprint density at radius 2 is 1.67 bits per heavy atom. The number of carbonyl (C=O) groups excluding carboxylic acids is 2. The Kier molecular flexibility index (Phi) is 4.94. The van der Waals surface area contributed by atoms with Gasteiger partial charge in [-0.15, -0.1) is 0 Å². The summed E-state index contributed by atoms with van der Waals surface area (Å²) in [6.45, 7) is 1.95. The predicted octanol–water partition coefficient (Wildman–Crippen LogP) is 3.45. The average Bonchev–Trinajstić information content (AvgIpc) is 2.60. The molecule has 124 valence electrons. The first kappa shape index (κ1) is 16.2. The highest BCUT2D eigenvalue weighted by molar-refractivity contribution is 5.94. The van der Waals surface area contributed by atoms with Crippen molar-refractivity contribution in [1.29, 1.82) is 0 Å². The molecule has 0 heterocycles. The van der Waals surface area contributed by atoms with Gasteiger partial charge in [-0.3, -0.25) is 9.59 Å². The van der Waals surface area contributed by atoms with Gasteiger partial charge in [-0.2, -0.15) is 0 Å². The first-order chi connectivity index (χ1) is 11.6. The van der Waals surface area contributed by atoms with Crippen molar-refractivity contribution >= 4 is 17.5 Å². The third-order valence-corrected chi connectivity index (χ3v) is 4.34. The van der Waals surface area contributed by atoms with Crippen molar-refractivity contribution in [3.63, 3.8) is 0 Å². The van der Waals surface area contributed by atoms with Crippen LogP contribution in [0.5, 0.6) is 0 Å². The molecule has 2 aromatic carbocycles. The fourth-order valence-corrected chi connectivity index (χ4v) is 3.07. The normalized spacial score (nSPS) is 13.0. The summed E-state index contributed by atoms with van der Waals surface area (Å²) in [4.78, 5) is 23.4. The second kappa shape index (κ2) is 7.30. The van der Waals surface area contributed by atoms with E-state index in [1.165, 1.54) is 30.9 Å². The van der Waals surface area contributed by atoms with Gasteiger partial charge >= 0.3 is 0 Å². The number of hydrogen-bond acceptors (Lipinski definition) is 2. The molecule has 4 heteroatoms. The van der Waals surface area contributed by atoms with Gasteiger partial charge in [0.15, 0.2) is 0 Å². The molecule has 0 radical (unpaired) electrons. The van der Waals surface area contributed by atoms with Crippen LogP contribution in [0.2, 0.25) is 0 Å². The number of carbonyl (C=O) groups is 2. The second-order valence-corrected chi connectivity index (χ2v) is 6.25. The SMILES string of the molecule is CC(=O)Nc1ccc(CNC(=O)c2ccc3c(c2)CCCC3)cc1. The lowest BCUT2D eigenvalue weighted by atomic mass is 9.90. The van der Waals surface area contributed by atoms with Crippen molar-refractivity contribution in [1.82, 2.24) is 5.32 Å². The van der Waals surface area contributed by atoms with Crippen LogP contribution < -0.4 is 10.6 Å². The van der Waals surface area contributed by atoms with E-state index in [2.05, 4.69) is 16.7 Å². The topological polar surface area (TPSA) is 58.2 Å². The molecule has 0 aliphatic heterocycles. The maximum absolute atomic E-state index is 12.3. The van der Waals surface area contributed by atoms with E-state index in [4.69, 9.17) is 0 Å². The average molecular weight is 322 g/mol. The molecule has 2 aromatic rings. The molecular formula is C20H22N2O2. The molecule has 0 saturated carbocycles. The Labute approximate surface area is 142 Å². The predicted molar refractivity (Wildman–Crippen MR) is 95.0 cm³/mol. The van der Waals surface area contributed by atoms with Crippen LogP contribution in [0.3, 0.4) is 0 Å². The number of nitrogens with one attached hydrogen (secondary N) is 2. The standard InChI is InChI=1S/C20H22N2O2/c1-14(23)22-19-10-6-15(7-11-19)13-21-20(24)18-9-8-16-4-2-3-5-17(16)12-18/h6-12H,2-5,13H2,1H3,(H,21,24)(H,22,23). The van der Waals surface area contributed by atoms with Crippen LogP contribution >= 0.6 is 0 Å². The molecule has 24 heavy (non-hydrogen) atoms. The van der Waals surface area contributed by atoms with Gasteiger partial charge in [-0.05, 0) is 66.6 Å². The first-order valence-corrected chi connectivity index (χ1v) is 8.38. The summed E-state index contributed by atoms with van der Waals surface area (Å²) in [6, 6.07) is 13.5. The van der Waals surface area contributed by atoms with Crippen molar-refractivity contribution < 1.29 is 9.59 Å². The van der Waals surface area contributed by atoms with Gasteiger partial charge in [0, 0.05) is 24.7 Å². The zero-order valence-electron chi connectivity index (χ0n) is 13.9. The molecule has 4 nitrogen and oxygen atoms in total.